The van der Waals surface area contributed by atoms with Gasteiger partial charge < -0.3 is 0 Å². The highest BCUT2D eigenvalue weighted by Crippen LogP contribution is 2.36. The van der Waals surface area contributed by atoms with Crippen molar-refractivity contribution in [3.8, 4) is 0 Å². The van der Waals surface area contributed by atoms with Crippen LogP contribution in [0.15, 0.2) is 11.5 Å². The van der Waals surface area contributed by atoms with Crippen LogP contribution in [-0.4, -0.2) is 6.71 Å². The molecule has 0 aliphatic carbocycles. The van der Waals surface area contributed by atoms with Gasteiger partial charge in [-0.2, -0.15) is 0 Å². The Morgan fingerprint density at radius 2 is 1.35 bits per heavy atom. The van der Waals surface area contributed by atoms with E-state index in [-0.39, 0.29) is 0 Å². The third-order valence-corrected chi connectivity index (χ3v) is 4.52. The molecule has 0 aromatic rings. The molecule has 0 bridgehead atoms. The fourth-order valence-electron chi connectivity index (χ4n) is 2.65. The van der Waals surface area contributed by atoms with Crippen molar-refractivity contribution in [3.05, 3.63) is 11.5 Å². The Hall–Kier alpha value is -0.195. The van der Waals surface area contributed by atoms with Crippen LogP contribution in [0.1, 0.15) is 68.2 Å². The lowest BCUT2D eigenvalue weighted by atomic mass is 9.28. The Labute approximate surface area is 110 Å². The number of hydrogen-bond donors (Lipinski definition) is 0. The monoisotopic (exact) mass is 236 g/mol. The van der Waals surface area contributed by atoms with Crippen LogP contribution in [0.25, 0.3) is 0 Å². The molecule has 0 saturated carbocycles. The Morgan fingerprint density at radius 3 is 1.65 bits per heavy atom. The van der Waals surface area contributed by atoms with Gasteiger partial charge in [-0.3, -0.25) is 0 Å². The summed E-state index contributed by atoms with van der Waals surface area (Å²) in [6.07, 6.45) is 4.97. The SMILES string of the molecule is CCC/C=C(\C)B(C(C)C(C)C)C(C)C(C)C. The zero-order valence-corrected chi connectivity index (χ0v) is 13.4. The van der Waals surface area contributed by atoms with E-state index in [0.29, 0.717) is 0 Å². The smallest absolute Gasteiger partial charge is 0.107 e. The van der Waals surface area contributed by atoms with Gasteiger partial charge in [-0.15, -0.1) is 5.47 Å². The zero-order chi connectivity index (χ0) is 13.6. The van der Waals surface area contributed by atoms with Crippen LogP contribution in [0, 0.1) is 11.8 Å². The van der Waals surface area contributed by atoms with Gasteiger partial charge in [-0.05, 0) is 6.42 Å². The lowest BCUT2D eigenvalue weighted by Crippen LogP contribution is -2.31. The average molecular weight is 236 g/mol. The highest BCUT2D eigenvalue weighted by molar-refractivity contribution is 6.69. The Balaban J connectivity index is 4.96. The first-order chi connectivity index (χ1) is 7.82. The van der Waals surface area contributed by atoms with E-state index in [4.69, 9.17) is 0 Å². The van der Waals surface area contributed by atoms with E-state index in [0.717, 1.165) is 30.2 Å². The van der Waals surface area contributed by atoms with Crippen LogP contribution in [-0.2, 0) is 0 Å². The predicted octanol–water partition coefficient (Wildman–Crippen LogP) is 5.86. The number of allylic oxidation sites excluding steroid dienone is 2. The normalized spacial score (nSPS) is 16.5. The third-order valence-electron chi connectivity index (χ3n) is 4.52. The minimum absolute atomic E-state index is 0.751. The molecule has 1 heteroatoms. The van der Waals surface area contributed by atoms with Gasteiger partial charge in [-0.25, -0.2) is 0 Å². The molecule has 0 aliphatic rings. The Bertz CT molecular complexity index is 214. The van der Waals surface area contributed by atoms with E-state index >= 15 is 0 Å². The summed E-state index contributed by atoms with van der Waals surface area (Å²) in [7, 11) is 0. The van der Waals surface area contributed by atoms with Gasteiger partial charge in [0.15, 0.2) is 6.71 Å². The van der Waals surface area contributed by atoms with E-state index in [2.05, 4.69) is 61.5 Å². The van der Waals surface area contributed by atoms with Gasteiger partial charge in [0.25, 0.3) is 0 Å². The van der Waals surface area contributed by atoms with Crippen molar-refractivity contribution < 1.29 is 0 Å². The molecule has 0 amide bonds. The second kappa shape index (κ2) is 8.00. The molecule has 100 valence electrons. The molecule has 0 radical (unpaired) electrons. The third kappa shape index (κ3) is 5.32. The first-order valence-corrected chi connectivity index (χ1v) is 7.49. The first kappa shape index (κ1) is 16.8. The molecule has 0 spiro atoms. The van der Waals surface area contributed by atoms with Crippen LogP contribution in [0.4, 0.5) is 0 Å². The molecule has 0 aliphatic heterocycles. The van der Waals surface area contributed by atoms with Gasteiger partial charge in [-0.1, -0.05) is 91.4 Å². The molecule has 0 fully saturated rings. The van der Waals surface area contributed by atoms with Crippen molar-refractivity contribution in [3.63, 3.8) is 0 Å². The lowest BCUT2D eigenvalue weighted by molar-refractivity contribution is 0.564. The molecule has 2 unspecified atom stereocenters. The molecule has 0 heterocycles. The van der Waals surface area contributed by atoms with Crippen LogP contribution in [0.5, 0.6) is 0 Å². The van der Waals surface area contributed by atoms with Crippen molar-refractivity contribution in [2.75, 3.05) is 0 Å². The molecule has 0 aromatic carbocycles. The van der Waals surface area contributed by atoms with Crippen molar-refractivity contribution in [1.29, 1.82) is 0 Å². The molecule has 17 heavy (non-hydrogen) atoms. The van der Waals surface area contributed by atoms with Crippen LogP contribution >= 0.6 is 0 Å². The van der Waals surface area contributed by atoms with E-state index in [9.17, 15) is 0 Å². The van der Waals surface area contributed by atoms with E-state index in [1.165, 1.54) is 12.8 Å². The van der Waals surface area contributed by atoms with Gasteiger partial charge >= 0.3 is 0 Å². The van der Waals surface area contributed by atoms with Crippen molar-refractivity contribution in [2.45, 2.75) is 79.9 Å². The largest absolute Gasteiger partial charge is 0.176 e. The maximum Gasteiger partial charge on any atom is 0.176 e. The average Bonchev–Trinajstić information content (AvgIpc) is 2.25. The summed E-state index contributed by atoms with van der Waals surface area (Å²) in [5.41, 5.74) is 1.62. The fraction of sp³-hybridized carbons (Fsp3) is 0.875. The summed E-state index contributed by atoms with van der Waals surface area (Å²) in [6.45, 7) is 19.6. The summed E-state index contributed by atoms with van der Waals surface area (Å²) in [5, 5.41) is 0. The van der Waals surface area contributed by atoms with Crippen LogP contribution in [0.2, 0.25) is 11.6 Å². The Morgan fingerprint density at radius 1 is 0.941 bits per heavy atom. The predicted molar refractivity (Wildman–Crippen MR) is 82.9 cm³/mol. The molecule has 0 N–H and O–H groups in total. The summed E-state index contributed by atoms with van der Waals surface area (Å²) in [4.78, 5) is 0. The number of unbranched alkanes of at least 4 members (excludes halogenated alkanes) is 1. The summed E-state index contributed by atoms with van der Waals surface area (Å²) < 4.78 is 0. The molecule has 0 saturated heterocycles. The standard InChI is InChI=1S/C16H33B/c1-9-10-11-14(6)17(15(7)12(2)3)16(8)13(4)5/h11-13,15-16H,9-10H2,1-8H3/b14-11+. The number of rotatable bonds is 7. The lowest BCUT2D eigenvalue weighted by Gasteiger charge is -2.32. The summed E-state index contributed by atoms with van der Waals surface area (Å²) in [6, 6.07) is 0. The molecule has 2 atom stereocenters. The summed E-state index contributed by atoms with van der Waals surface area (Å²) >= 11 is 0. The van der Waals surface area contributed by atoms with Crippen LogP contribution < -0.4 is 0 Å². The van der Waals surface area contributed by atoms with Gasteiger partial charge in [0.05, 0.1) is 0 Å². The van der Waals surface area contributed by atoms with Gasteiger partial charge in [0, 0.05) is 0 Å². The van der Waals surface area contributed by atoms with Gasteiger partial charge in [0.2, 0.25) is 0 Å². The molecule has 0 aromatic heterocycles. The molecule has 0 rings (SSSR count). The zero-order valence-electron chi connectivity index (χ0n) is 13.4. The minimum Gasteiger partial charge on any atom is -0.107 e. The topological polar surface area (TPSA) is 0 Å². The van der Waals surface area contributed by atoms with E-state index in [1.807, 2.05) is 0 Å². The number of hydrogen-bond acceptors (Lipinski definition) is 0. The van der Waals surface area contributed by atoms with Crippen molar-refractivity contribution in [1.82, 2.24) is 0 Å². The maximum atomic E-state index is 2.47. The van der Waals surface area contributed by atoms with Gasteiger partial charge in [0.1, 0.15) is 0 Å². The maximum absolute atomic E-state index is 2.47. The molecular formula is C16H33B. The van der Waals surface area contributed by atoms with E-state index in [1.54, 1.807) is 5.47 Å². The summed E-state index contributed by atoms with van der Waals surface area (Å²) in [5.74, 6) is 3.10. The highest BCUT2D eigenvalue weighted by Gasteiger charge is 2.32. The van der Waals surface area contributed by atoms with Crippen LogP contribution in [0.3, 0.4) is 0 Å². The van der Waals surface area contributed by atoms with E-state index < -0.39 is 0 Å². The molecule has 0 nitrogen and oxygen atoms in total. The fourth-order valence-corrected chi connectivity index (χ4v) is 2.65. The van der Waals surface area contributed by atoms with Crippen molar-refractivity contribution >= 4 is 6.71 Å². The second-order valence-corrected chi connectivity index (χ2v) is 6.47. The molecular weight excluding hydrogens is 203 g/mol. The second-order valence-electron chi connectivity index (χ2n) is 6.47. The quantitative estimate of drug-likeness (QED) is 0.486. The first-order valence-electron chi connectivity index (χ1n) is 7.49. The highest BCUT2D eigenvalue weighted by atomic mass is 14.1. The minimum atomic E-state index is 0.751. The Kier molecular flexibility index (Phi) is 7.91. The van der Waals surface area contributed by atoms with Crippen molar-refractivity contribution in [2.24, 2.45) is 11.8 Å².